The van der Waals surface area contributed by atoms with Crippen LogP contribution in [-0.2, 0) is 11.3 Å². The molecule has 0 aliphatic carbocycles. The molecule has 0 aliphatic rings. The van der Waals surface area contributed by atoms with E-state index in [1.165, 1.54) is 26.0 Å². The van der Waals surface area contributed by atoms with Gasteiger partial charge in [-0.3, -0.25) is 14.3 Å². The lowest BCUT2D eigenvalue weighted by atomic mass is 10.1. The van der Waals surface area contributed by atoms with Gasteiger partial charge in [-0.05, 0) is 36.8 Å². The molecule has 2 aromatic carbocycles. The van der Waals surface area contributed by atoms with Crippen molar-refractivity contribution in [2.75, 3.05) is 32.0 Å². The number of aromatic nitrogens is 2. The molecule has 0 aliphatic heterocycles. The summed E-state index contributed by atoms with van der Waals surface area (Å²) in [5.74, 6) is 0.669. The number of nitrogens with zero attached hydrogens (tertiary/aromatic N) is 2. The highest BCUT2D eigenvalue weighted by Gasteiger charge is 2.18. The van der Waals surface area contributed by atoms with Crippen LogP contribution in [0.25, 0.3) is 0 Å². The number of amides is 2. The summed E-state index contributed by atoms with van der Waals surface area (Å²) in [5, 5.41) is 9.70. The highest BCUT2D eigenvalue weighted by Crippen LogP contribution is 2.35. The fraction of sp³-hybridized carbons (Fsp3) is 0.227. The number of anilines is 2. The van der Waals surface area contributed by atoms with Crippen molar-refractivity contribution in [3.8, 4) is 17.2 Å². The van der Waals surface area contributed by atoms with Gasteiger partial charge in [0.2, 0.25) is 5.91 Å². The normalized spacial score (nSPS) is 10.3. The minimum atomic E-state index is -0.368. The van der Waals surface area contributed by atoms with Crippen LogP contribution in [0.2, 0.25) is 0 Å². The van der Waals surface area contributed by atoms with E-state index < -0.39 is 0 Å². The predicted molar refractivity (Wildman–Crippen MR) is 116 cm³/mol. The first-order valence-corrected chi connectivity index (χ1v) is 9.44. The second kappa shape index (κ2) is 9.66. The van der Waals surface area contributed by atoms with E-state index >= 15 is 0 Å². The SMILES string of the molecule is COc1cc(OC)c(C(=O)Nc2ccc(NC(=O)Cn3cccn3)c(C)c2)cc1OC. The van der Waals surface area contributed by atoms with Gasteiger partial charge in [-0.25, -0.2) is 0 Å². The Hall–Kier alpha value is -4.01. The quantitative estimate of drug-likeness (QED) is 0.576. The molecule has 1 heterocycles. The van der Waals surface area contributed by atoms with Gasteiger partial charge in [0.1, 0.15) is 12.3 Å². The highest BCUT2D eigenvalue weighted by atomic mass is 16.5. The number of carbonyl (C=O) groups is 2. The van der Waals surface area contributed by atoms with E-state index in [2.05, 4.69) is 15.7 Å². The summed E-state index contributed by atoms with van der Waals surface area (Å²) in [4.78, 5) is 25.0. The van der Waals surface area contributed by atoms with Crippen LogP contribution in [0, 0.1) is 6.92 Å². The third-order valence-corrected chi connectivity index (χ3v) is 4.57. The molecule has 31 heavy (non-hydrogen) atoms. The molecule has 0 fully saturated rings. The number of aryl methyl sites for hydroxylation is 1. The second-order valence-corrected chi connectivity index (χ2v) is 6.64. The van der Waals surface area contributed by atoms with Gasteiger partial charge in [-0.2, -0.15) is 5.10 Å². The number of rotatable bonds is 8. The Bertz CT molecular complexity index is 1080. The Morgan fingerprint density at radius 1 is 0.968 bits per heavy atom. The Kier molecular flexibility index (Phi) is 6.76. The maximum atomic E-state index is 12.8. The fourth-order valence-electron chi connectivity index (χ4n) is 3.02. The van der Waals surface area contributed by atoms with E-state index in [0.717, 1.165) is 5.56 Å². The van der Waals surface area contributed by atoms with E-state index in [9.17, 15) is 9.59 Å². The van der Waals surface area contributed by atoms with Crippen molar-refractivity contribution in [2.45, 2.75) is 13.5 Å². The molecule has 3 aromatic rings. The first-order chi connectivity index (χ1) is 14.9. The third kappa shape index (κ3) is 5.13. The summed E-state index contributed by atoms with van der Waals surface area (Å²) < 4.78 is 17.4. The second-order valence-electron chi connectivity index (χ2n) is 6.64. The van der Waals surface area contributed by atoms with Gasteiger partial charge in [0, 0.05) is 35.9 Å². The highest BCUT2D eigenvalue weighted by molar-refractivity contribution is 6.07. The standard InChI is InChI=1S/C22H24N4O5/c1-14-10-15(6-7-17(14)25-21(27)13-26-9-5-8-23-26)24-22(28)16-11-19(30-3)20(31-4)12-18(16)29-2/h5-12H,13H2,1-4H3,(H,24,28)(H,25,27). The number of ether oxygens (including phenoxy) is 3. The Balaban J connectivity index is 1.73. The number of nitrogens with one attached hydrogen (secondary N) is 2. The van der Waals surface area contributed by atoms with Crippen LogP contribution in [0.4, 0.5) is 11.4 Å². The Labute approximate surface area is 179 Å². The lowest BCUT2D eigenvalue weighted by Gasteiger charge is -2.15. The van der Waals surface area contributed by atoms with Crippen molar-refractivity contribution in [1.82, 2.24) is 9.78 Å². The van der Waals surface area contributed by atoms with E-state index in [0.29, 0.717) is 34.2 Å². The van der Waals surface area contributed by atoms with Crippen molar-refractivity contribution in [1.29, 1.82) is 0 Å². The van der Waals surface area contributed by atoms with E-state index in [1.807, 2.05) is 6.92 Å². The molecule has 1 aromatic heterocycles. The first-order valence-electron chi connectivity index (χ1n) is 9.44. The van der Waals surface area contributed by atoms with Crippen molar-refractivity contribution < 1.29 is 23.8 Å². The number of benzene rings is 2. The van der Waals surface area contributed by atoms with Crippen LogP contribution in [0.5, 0.6) is 17.2 Å². The molecule has 0 radical (unpaired) electrons. The summed E-state index contributed by atoms with van der Waals surface area (Å²) in [7, 11) is 4.48. The molecular formula is C22H24N4O5. The zero-order valence-corrected chi connectivity index (χ0v) is 17.8. The van der Waals surface area contributed by atoms with Crippen LogP contribution < -0.4 is 24.8 Å². The van der Waals surface area contributed by atoms with Crippen molar-refractivity contribution >= 4 is 23.2 Å². The average molecular weight is 424 g/mol. The summed E-state index contributed by atoms with van der Waals surface area (Å²) in [5.41, 5.74) is 2.32. The maximum absolute atomic E-state index is 12.8. The van der Waals surface area contributed by atoms with E-state index in [4.69, 9.17) is 14.2 Å². The van der Waals surface area contributed by atoms with Crippen molar-refractivity contribution in [3.05, 3.63) is 59.9 Å². The molecule has 0 spiro atoms. The molecule has 0 saturated heterocycles. The Morgan fingerprint density at radius 3 is 2.29 bits per heavy atom. The maximum Gasteiger partial charge on any atom is 0.259 e. The Morgan fingerprint density at radius 2 is 1.68 bits per heavy atom. The molecule has 9 nitrogen and oxygen atoms in total. The zero-order chi connectivity index (χ0) is 22.4. The smallest absolute Gasteiger partial charge is 0.259 e. The van der Waals surface area contributed by atoms with Gasteiger partial charge in [-0.15, -0.1) is 0 Å². The molecule has 0 atom stereocenters. The molecule has 162 valence electrons. The van der Waals surface area contributed by atoms with Crippen LogP contribution >= 0.6 is 0 Å². The van der Waals surface area contributed by atoms with E-state index in [1.54, 1.807) is 48.8 Å². The zero-order valence-electron chi connectivity index (χ0n) is 17.8. The summed E-state index contributed by atoms with van der Waals surface area (Å²) >= 11 is 0. The largest absolute Gasteiger partial charge is 0.496 e. The monoisotopic (exact) mass is 424 g/mol. The minimum Gasteiger partial charge on any atom is -0.496 e. The van der Waals surface area contributed by atoms with Gasteiger partial charge >= 0.3 is 0 Å². The fourth-order valence-corrected chi connectivity index (χ4v) is 3.02. The van der Waals surface area contributed by atoms with Crippen molar-refractivity contribution in [2.24, 2.45) is 0 Å². The van der Waals surface area contributed by atoms with E-state index in [-0.39, 0.29) is 18.4 Å². The van der Waals surface area contributed by atoms with Crippen LogP contribution in [0.3, 0.4) is 0 Å². The summed E-state index contributed by atoms with van der Waals surface area (Å²) in [6.45, 7) is 1.96. The number of hydrogen-bond acceptors (Lipinski definition) is 6. The molecule has 0 saturated carbocycles. The van der Waals surface area contributed by atoms with Gasteiger partial charge in [0.15, 0.2) is 11.5 Å². The van der Waals surface area contributed by atoms with Crippen LogP contribution in [-0.4, -0.2) is 42.9 Å². The number of methoxy groups -OCH3 is 3. The predicted octanol–water partition coefficient (Wildman–Crippen LogP) is 3.11. The summed E-state index contributed by atoms with van der Waals surface area (Å²) in [6.07, 6.45) is 3.33. The molecule has 2 amide bonds. The lowest BCUT2D eigenvalue weighted by Crippen LogP contribution is -2.19. The molecule has 0 unspecified atom stereocenters. The van der Waals surface area contributed by atoms with Gasteiger partial charge in [0.05, 0.1) is 26.9 Å². The van der Waals surface area contributed by atoms with Crippen LogP contribution in [0.1, 0.15) is 15.9 Å². The molecule has 2 N–H and O–H groups in total. The van der Waals surface area contributed by atoms with Gasteiger partial charge < -0.3 is 24.8 Å². The topological polar surface area (TPSA) is 104 Å². The summed E-state index contributed by atoms with van der Waals surface area (Å²) in [6, 6.07) is 10.1. The molecule has 3 rings (SSSR count). The van der Waals surface area contributed by atoms with Gasteiger partial charge in [-0.1, -0.05) is 0 Å². The van der Waals surface area contributed by atoms with Gasteiger partial charge in [0.25, 0.3) is 5.91 Å². The van der Waals surface area contributed by atoms with Crippen LogP contribution in [0.15, 0.2) is 48.8 Å². The third-order valence-electron chi connectivity index (χ3n) is 4.57. The lowest BCUT2D eigenvalue weighted by molar-refractivity contribution is -0.116. The average Bonchev–Trinajstić information content (AvgIpc) is 3.27. The number of carbonyl (C=O) groups excluding carboxylic acids is 2. The molecule has 9 heteroatoms. The molecular weight excluding hydrogens is 400 g/mol. The molecule has 0 bridgehead atoms. The van der Waals surface area contributed by atoms with Crippen molar-refractivity contribution in [3.63, 3.8) is 0 Å². The number of hydrogen-bond donors (Lipinski definition) is 2. The minimum absolute atomic E-state index is 0.115. The first kappa shape index (κ1) is 21.7.